The quantitative estimate of drug-likeness (QED) is 0.633. The second-order valence-electron chi connectivity index (χ2n) is 4.74. The second-order valence-corrected chi connectivity index (χ2v) is 5.67. The average molecular weight is 254 g/mol. The topological polar surface area (TPSA) is 24.9 Å². The van der Waals surface area contributed by atoms with Crippen LogP contribution in [0, 0.1) is 0 Å². The van der Waals surface area contributed by atoms with E-state index in [9.17, 15) is 0 Å². The summed E-state index contributed by atoms with van der Waals surface area (Å²) in [6.07, 6.45) is 10.1. The van der Waals surface area contributed by atoms with Gasteiger partial charge in [0.25, 0.3) is 0 Å². The molecule has 3 heteroatoms. The summed E-state index contributed by atoms with van der Waals surface area (Å²) in [5.74, 6) is 0.551. The zero-order chi connectivity index (χ0) is 12.3. The van der Waals surface area contributed by atoms with Gasteiger partial charge in [0.1, 0.15) is 0 Å². The minimum Gasteiger partial charge on any atom is -0.316 e. The molecule has 1 atom stereocenters. The van der Waals surface area contributed by atoms with Crippen LogP contribution in [-0.2, 0) is 0 Å². The molecular weight excluding hydrogens is 228 g/mol. The molecule has 0 amide bonds. The van der Waals surface area contributed by atoms with E-state index in [1.54, 1.807) is 11.3 Å². The Bertz CT molecular complexity index is 259. The number of nitrogens with one attached hydrogen (secondary N) is 1. The summed E-state index contributed by atoms with van der Waals surface area (Å²) in [7, 11) is 0. The van der Waals surface area contributed by atoms with Gasteiger partial charge in [-0.05, 0) is 13.0 Å². The van der Waals surface area contributed by atoms with E-state index >= 15 is 0 Å². The third-order valence-corrected chi connectivity index (χ3v) is 4.04. The van der Waals surface area contributed by atoms with Crippen molar-refractivity contribution in [3.05, 3.63) is 16.6 Å². The number of hydrogen-bond acceptors (Lipinski definition) is 3. The first kappa shape index (κ1) is 14.7. The SMILES string of the molecule is CCCCCCCCNCC(C)c1nccs1. The Morgan fingerprint density at radius 3 is 2.71 bits per heavy atom. The summed E-state index contributed by atoms with van der Waals surface area (Å²) >= 11 is 1.76. The third-order valence-electron chi connectivity index (χ3n) is 3.03. The van der Waals surface area contributed by atoms with Crippen molar-refractivity contribution >= 4 is 11.3 Å². The molecule has 98 valence electrons. The molecule has 1 rings (SSSR count). The Labute approximate surface area is 110 Å². The fourth-order valence-corrected chi connectivity index (χ4v) is 2.61. The Morgan fingerprint density at radius 1 is 1.24 bits per heavy atom. The predicted octanol–water partition coefficient (Wildman–Crippen LogP) is 4.20. The maximum absolute atomic E-state index is 4.34. The smallest absolute Gasteiger partial charge is 0.0965 e. The van der Waals surface area contributed by atoms with E-state index in [0.29, 0.717) is 5.92 Å². The summed E-state index contributed by atoms with van der Waals surface area (Å²) < 4.78 is 0. The maximum Gasteiger partial charge on any atom is 0.0965 e. The van der Waals surface area contributed by atoms with Crippen molar-refractivity contribution in [1.82, 2.24) is 10.3 Å². The third kappa shape index (κ3) is 6.79. The van der Waals surface area contributed by atoms with Crippen molar-refractivity contribution in [1.29, 1.82) is 0 Å². The molecule has 0 fully saturated rings. The number of thiazole rings is 1. The molecule has 0 aliphatic carbocycles. The summed E-state index contributed by atoms with van der Waals surface area (Å²) in [5.41, 5.74) is 0. The van der Waals surface area contributed by atoms with Crippen molar-refractivity contribution in [3.8, 4) is 0 Å². The number of nitrogens with zero attached hydrogens (tertiary/aromatic N) is 1. The number of hydrogen-bond donors (Lipinski definition) is 1. The van der Waals surface area contributed by atoms with E-state index in [-0.39, 0.29) is 0 Å². The minimum atomic E-state index is 0.551. The van der Waals surface area contributed by atoms with Crippen molar-refractivity contribution < 1.29 is 0 Å². The van der Waals surface area contributed by atoms with Gasteiger partial charge in [-0.3, -0.25) is 0 Å². The van der Waals surface area contributed by atoms with Crippen molar-refractivity contribution in [2.75, 3.05) is 13.1 Å². The molecule has 1 heterocycles. The first-order valence-corrected chi connectivity index (χ1v) is 7.82. The zero-order valence-electron chi connectivity index (χ0n) is 11.2. The lowest BCUT2D eigenvalue weighted by molar-refractivity contribution is 0.553. The molecule has 0 spiro atoms. The lowest BCUT2D eigenvalue weighted by Crippen LogP contribution is -2.21. The van der Waals surface area contributed by atoms with Crippen LogP contribution in [0.4, 0.5) is 0 Å². The highest BCUT2D eigenvalue weighted by Gasteiger charge is 2.06. The van der Waals surface area contributed by atoms with Crippen LogP contribution >= 0.6 is 11.3 Å². The van der Waals surface area contributed by atoms with Crippen LogP contribution in [0.15, 0.2) is 11.6 Å². The van der Waals surface area contributed by atoms with E-state index in [1.807, 2.05) is 6.20 Å². The van der Waals surface area contributed by atoms with E-state index in [4.69, 9.17) is 0 Å². The largest absolute Gasteiger partial charge is 0.316 e. The normalized spacial score (nSPS) is 12.8. The first-order valence-electron chi connectivity index (χ1n) is 6.94. The van der Waals surface area contributed by atoms with Gasteiger partial charge in [0.15, 0.2) is 0 Å². The van der Waals surface area contributed by atoms with Crippen LogP contribution in [0.25, 0.3) is 0 Å². The van der Waals surface area contributed by atoms with E-state index in [1.165, 1.54) is 43.5 Å². The van der Waals surface area contributed by atoms with Gasteiger partial charge in [-0.2, -0.15) is 0 Å². The molecule has 0 bridgehead atoms. The van der Waals surface area contributed by atoms with Crippen LogP contribution in [0.1, 0.15) is 63.3 Å². The Hall–Kier alpha value is -0.410. The summed E-state index contributed by atoms with van der Waals surface area (Å²) in [6.45, 7) is 6.72. The van der Waals surface area contributed by atoms with Gasteiger partial charge in [-0.15, -0.1) is 11.3 Å². The number of rotatable bonds is 10. The summed E-state index contributed by atoms with van der Waals surface area (Å²) in [4.78, 5) is 4.34. The molecule has 0 radical (unpaired) electrons. The molecule has 0 aliphatic rings. The molecule has 2 nitrogen and oxygen atoms in total. The molecular formula is C14H26N2S. The second kappa shape index (κ2) is 9.60. The van der Waals surface area contributed by atoms with Crippen LogP contribution in [0.5, 0.6) is 0 Å². The Morgan fingerprint density at radius 2 is 2.00 bits per heavy atom. The van der Waals surface area contributed by atoms with E-state index in [2.05, 4.69) is 29.5 Å². The van der Waals surface area contributed by atoms with E-state index < -0.39 is 0 Å². The highest BCUT2D eigenvalue weighted by molar-refractivity contribution is 7.09. The Balaban J connectivity index is 1.90. The molecule has 17 heavy (non-hydrogen) atoms. The maximum atomic E-state index is 4.34. The van der Waals surface area contributed by atoms with Gasteiger partial charge in [-0.1, -0.05) is 46.0 Å². The van der Waals surface area contributed by atoms with E-state index in [0.717, 1.165) is 13.1 Å². The van der Waals surface area contributed by atoms with Gasteiger partial charge in [0.2, 0.25) is 0 Å². The molecule has 0 aromatic carbocycles. The fraction of sp³-hybridized carbons (Fsp3) is 0.786. The zero-order valence-corrected chi connectivity index (χ0v) is 12.1. The first-order chi connectivity index (χ1) is 8.34. The van der Waals surface area contributed by atoms with Crippen LogP contribution in [0.3, 0.4) is 0 Å². The number of aromatic nitrogens is 1. The van der Waals surface area contributed by atoms with Gasteiger partial charge in [0.05, 0.1) is 5.01 Å². The molecule has 1 aromatic rings. The standard InChI is InChI=1S/C14H26N2S/c1-3-4-5-6-7-8-9-15-12-13(2)14-16-10-11-17-14/h10-11,13,15H,3-9,12H2,1-2H3. The van der Waals surface area contributed by atoms with Gasteiger partial charge >= 0.3 is 0 Å². The highest BCUT2D eigenvalue weighted by atomic mass is 32.1. The molecule has 0 saturated heterocycles. The predicted molar refractivity (Wildman–Crippen MR) is 76.8 cm³/mol. The van der Waals surface area contributed by atoms with Gasteiger partial charge < -0.3 is 5.32 Å². The van der Waals surface area contributed by atoms with Gasteiger partial charge in [-0.25, -0.2) is 4.98 Å². The molecule has 0 saturated carbocycles. The monoisotopic (exact) mass is 254 g/mol. The van der Waals surface area contributed by atoms with Crippen LogP contribution in [-0.4, -0.2) is 18.1 Å². The van der Waals surface area contributed by atoms with Crippen LogP contribution in [0.2, 0.25) is 0 Å². The summed E-state index contributed by atoms with van der Waals surface area (Å²) in [5, 5.41) is 6.84. The lowest BCUT2D eigenvalue weighted by atomic mass is 10.1. The highest BCUT2D eigenvalue weighted by Crippen LogP contribution is 2.16. The molecule has 1 aromatic heterocycles. The molecule has 1 N–H and O–H groups in total. The lowest BCUT2D eigenvalue weighted by Gasteiger charge is -2.09. The number of unbranched alkanes of at least 4 members (excludes halogenated alkanes) is 5. The fourth-order valence-electron chi connectivity index (χ4n) is 1.91. The minimum absolute atomic E-state index is 0.551. The van der Waals surface area contributed by atoms with Crippen molar-refractivity contribution in [2.24, 2.45) is 0 Å². The average Bonchev–Trinajstić information content (AvgIpc) is 2.86. The Kier molecular flexibility index (Phi) is 8.28. The molecule has 1 unspecified atom stereocenters. The van der Waals surface area contributed by atoms with Crippen molar-refractivity contribution in [3.63, 3.8) is 0 Å². The van der Waals surface area contributed by atoms with Crippen molar-refractivity contribution in [2.45, 2.75) is 58.3 Å². The molecule has 0 aliphatic heterocycles. The summed E-state index contributed by atoms with van der Waals surface area (Å²) in [6, 6.07) is 0. The van der Waals surface area contributed by atoms with Gasteiger partial charge in [0, 0.05) is 24.0 Å². The van der Waals surface area contributed by atoms with Crippen LogP contribution < -0.4 is 5.32 Å².